The molecule has 0 amide bonds. The average Bonchev–Trinajstić information content (AvgIpc) is 2.52. The number of ketones is 1. The zero-order valence-electron chi connectivity index (χ0n) is 14.7. The highest BCUT2D eigenvalue weighted by Crippen LogP contribution is 2.19. The van der Waals surface area contributed by atoms with Crippen LogP contribution in [0.15, 0.2) is 0 Å². The quantitative estimate of drug-likeness (QED) is 0.211. The molecule has 3 heteroatoms. The number of alkyl halides is 2. The van der Waals surface area contributed by atoms with Crippen LogP contribution < -0.4 is 0 Å². The molecule has 22 heavy (non-hydrogen) atoms. The molecule has 132 valence electrons. The third-order valence-corrected chi connectivity index (χ3v) is 5.11. The standard InChI is InChI=1S/C19H36Cl2O/c1-3-5-7-9-11-13-15-17(20)19(22)18(21)16-14-12-10-8-6-4-2/h17-18H,3-16H2,1-2H3. The molecule has 2 unspecified atom stereocenters. The predicted molar refractivity (Wildman–Crippen MR) is 100 cm³/mol. The second kappa shape index (κ2) is 16.1. The van der Waals surface area contributed by atoms with Crippen LogP contribution in [0.3, 0.4) is 0 Å². The molecule has 0 heterocycles. The number of hydrogen-bond acceptors (Lipinski definition) is 1. The van der Waals surface area contributed by atoms with Gasteiger partial charge in [0.25, 0.3) is 0 Å². The Hall–Kier alpha value is 0.250. The molecule has 0 fully saturated rings. The van der Waals surface area contributed by atoms with Crippen molar-refractivity contribution in [1.82, 2.24) is 0 Å². The highest BCUT2D eigenvalue weighted by molar-refractivity contribution is 6.40. The Morgan fingerprint density at radius 1 is 0.636 bits per heavy atom. The second-order valence-corrected chi connectivity index (χ2v) is 7.50. The van der Waals surface area contributed by atoms with Gasteiger partial charge in [-0.2, -0.15) is 0 Å². The summed E-state index contributed by atoms with van der Waals surface area (Å²) in [5.74, 6) is 0.0467. The van der Waals surface area contributed by atoms with Gasteiger partial charge >= 0.3 is 0 Å². The van der Waals surface area contributed by atoms with Gasteiger partial charge < -0.3 is 0 Å². The molecule has 0 rings (SSSR count). The van der Waals surface area contributed by atoms with Gasteiger partial charge in [0.2, 0.25) is 0 Å². The molecule has 0 aliphatic heterocycles. The smallest absolute Gasteiger partial charge is 0.168 e. The van der Waals surface area contributed by atoms with Crippen LogP contribution in [-0.4, -0.2) is 16.5 Å². The van der Waals surface area contributed by atoms with Crippen molar-refractivity contribution in [2.24, 2.45) is 0 Å². The summed E-state index contributed by atoms with van der Waals surface area (Å²) in [7, 11) is 0. The van der Waals surface area contributed by atoms with Gasteiger partial charge in [-0.1, -0.05) is 90.9 Å². The van der Waals surface area contributed by atoms with Gasteiger partial charge in [0.1, 0.15) is 0 Å². The van der Waals surface area contributed by atoms with Crippen molar-refractivity contribution in [2.75, 3.05) is 0 Å². The monoisotopic (exact) mass is 350 g/mol. The van der Waals surface area contributed by atoms with Gasteiger partial charge in [0, 0.05) is 0 Å². The van der Waals surface area contributed by atoms with Crippen LogP contribution in [0.5, 0.6) is 0 Å². The van der Waals surface area contributed by atoms with Crippen LogP contribution in [-0.2, 0) is 4.79 Å². The maximum atomic E-state index is 12.1. The third-order valence-electron chi connectivity index (χ3n) is 4.24. The molecule has 0 aromatic heterocycles. The Morgan fingerprint density at radius 2 is 0.955 bits per heavy atom. The number of halogens is 2. The van der Waals surface area contributed by atoms with Crippen molar-refractivity contribution >= 4 is 29.0 Å². The van der Waals surface area contributed by atoms with Crippen molar-refractivity contribution in [2.45, 2.75) is 114 Å². The van der Waals surface area contributed by atoms with E-state index in [1.165, 1.54) is 64.2 Å². The zero-order chi connectivity index (χ0) is 16.6. The normalized spacial score (nSPS) is 14.0. The fourth-order valence-corrected chi connectivity index (χ4v) is 3.37. The molecule has 0 aromatic rings. The van der Waals surface area contributed by atoms with E-state index < -0.39 is 0 Å². The second-order valence-electron chi connectivity index (χ2n) is 6.45. The minimum absolute atomic E-state index is 0.0467. The molecule has 0 aliphatic carbocycles. The van der Waals surface area contributed by atoms with E-state index in [0.717, 1.165) is 25.7 Å². The van der Waals surface area contributed by atoms with E-state index in [-0.39, 0.29) is 16.5 Å². The Morgan fingerprint density at radius 3 is 1.32 bits per heavy atom. The molecule has 1 nitrogen and oxygen atoms in total. The number of Topliss-reactive ketones (excluding diaryl/α,β-unsaturated/α-hetero) is 1. The van der Waals surface area contributed by atoms with E-state index in [1.54, 1.807) is 0 Å². The summed E-state index contributed by atoms with van der Waals surface area (Å²) in [6.07, 6.45) is 16.3. The van der Waals surface area contributed by atoms with Gasteiger partial charge in [-0.15, -0.1) is 23.2 Å². The maximum Gasteiger partial charge on any atom is 0.168 e. The molecule has 0 saturated heterocycles. The first-order valence-electron chi connectivity index (χ1n) is 9.45. The SMILES string of the molecule is CCCCCCCCC(Cl)C(=O)C(Cl)CCCCCCCC. The Kier molecular flexibility index (Phi) is 16.3. The number of unbranched alkanes of at least 4 members (excludes halogenated alkanes) is 10. The summed E-state index contributed by atoms with van der Waals surface area (Å²) in [4.78, 5) is 12.1. The first-order valence-corrected chi connectivity index (χ1v) is 10.3. The summed E-state index contributed by atoms with van der Waals surface area (Å²) >= 11 is 12.4. The van der Waals surface area contributed by atoms with E-state index in [0.29, 0.717) is 0 Å². The van der Waals surface area contributed by atoms with Crippen LogP contribution in [0.2, 0.25) is 0 Å². The van der Waals surface area contributed by atoms with Crippen LogP contribution in [0.4, 0.5) is 0 Å². The van der Waals surface area contributed by atoms with Crippen LogP contribution in [0.1, 0.15) is 104 Å². The average molecular weight is 351 g/mol. The van der Waals surface area contributed by atoms with E-state index >= 15 is 0 Å². The van der Waals surface area contributed by atoms with Crippen LogP contribution in [0, 0.1) is 0 Å². The summed E-state index contributed by atoms with van der Waals surface area (Å²) in [5.41, 5.74) is 0. The predicted octanol–water partition coefficient (Wildman–Crippen LogP) is 7.27. The highest BCUT2D eigenvalue weighted by atomic mass is 35.5. The number of carbonyl (C=O) groups is 1. The Labute approximate surface area is 148 Å². The van der Waals surface area contributed by atoms with E-state index in [4.69, 9.17) is 23.2 Å². The van der Waals surface area contributed by atoms with Gasteiger partial charge in [0.15, 0.2) is 5.78 Å². The lowest BCUT2D eigenvalue weighted by Crippen LogP contribution is -2.24. The molecule has 2 atom stereocenters. The van der Waals surface area contributed by atoms with Crippen molar-refractivity contribution in [3.8, 4) is 0 Å². The Balaban J connectivity index is 3.60. The molecule has 0 aromatic carbocycles. The maximum absolute atomic E-state index is 12.1. The Bertz CT molecular complexity index is 232. The largest absolute Gasteiger partial charge is 0.296 e. The summed E-state index contributed by atoms with van der Waals surface area (Å²) in [5, 5.41) is -0.762. The van der Waals surface area contributed by atoms with Crippen molar-refractivity contribution in [3.05, 3.63) is 0 Å². The van der Waals surface area contributed by atoms with E-state index in [2.05, 4.69) is 13.8 Å². The summed E-state index contributed by atoms with van der Waals surface area (Å²) < 4.78 is 0. The molecule has 0 N–H and O–H groups in total. The molecule has 0 spiro atoms. The third kappa shape index (κ3) is 12.8. The fraction of sp³-hybridized carbons (Fsp3) is 0.947. The van der Waals surface area contributed by atoms with Crippen molar-refractivity contribution < 1.29 is 4.79 Å². The van der Waals surface area contributed by atoms with Crippen molar-refractivity contribution in [3.63, 3.8) is 0 Å². The highest BCUT2D eigenvalue weighted by Gasteiger charge is 2.22. The van der Waals surface area contributed by atoms with E-state index in [1.807, 2.05) is 0 Å². The minimum atomic E-state index is -0.381. The van der Waals surface area contributed by atoms with Gasteiger partial charge in [-0.05, 0) is 12.8 Å². The fourth-order valence-electron chi connectivity index (χ4n) is 2.69. The first-order chi connectivity index (χ1) is 10.6. The topological polar surface area (TPSA) is 17.1 Å². The van der Waals surface area contributed by atoms with Gasteiger partial charge in [-0.25, -0.2) is 0 Å². The van der Waals surface area contributed by atoms with E-state index in [9.17, 15) is 4.79 Å². The lowest BCUT2D eigenvalue weighted by atomic mass is 10.0. The number of rotatable bonds is 16. The zero-order valence-corrected chi connectivity index (χ0v) is 16.2. The molecule has 0 saturated carbocycles. The molecule has 0 aliphatic rings. The summed E-state index contributed by atoms with van der Waals surface area (Å²) in [6, 6.07) is 0. The minimum Gasteiger partial charge on any atom is -0.296 e. The lowest BCUT2D eigenvalue weighted by molar-refractivity contribution is -0.118. The van der Waals surface area contributed by atoms with Crippen molar-refractivity contribution in [1.29, 1.82) is 0 Å². The van der Waals surface area contributed by atoms with Crippen LogP contribution in [0.25, 0.3) is 0 Å². The molecular weight excluding hydrogens is 315 g/mol. The molecular formula is C19H36Cl2O. The molecule has 0 bridgehead atoms. The number of carbonyl (C=O) groups excluding carboxylic acids is 1. The van der Waals surface area contributed by atoms with Crippen LogP contribution >= 0.6 is 23.2 Å². The number of hydrogen-bond donors (Lipinski definition) is 0. The molecule has 0 radical (unpaired) electrons. The van der Waals surface area contributed by atoms with Gasteiger partial charge in [0.05, 0.1) is 10.8 Å². The first kappa shape index (κ1) is 22.2. The lowest BCUT2D eigenvalue weighted by Gasteiger charge is -2.13. The summed E-state index contributed by atoms with van der Waals surface area (Å²) in [6.45, 7) is 4.44. The van der Waals surface area contributed by atoms with Gasteiger partial charge in [-0.3, -0.25) is 4.79 Å².